The molecule has 2 aliphatic heterocycles. The number of fused-ring (bicyclic) bond motifs is 1. The molecule has 3 N–H and O–H groups in total. The van der Waals surface area contributed by atoms with Gasteiger partial charge in [-0.3, -0.25) is 0 Å². The van der Waals surface area contributed by atoms with Gasteiger partial charge in [-0.2, -0.15) is 0 Å². The SMILES string of the molecule is Cl.NCC1CCN(c2ccc3c(c2)NCCO3)CC1. The molecule has 1 fully saturated rings. The summed E-state index contributed by atoms with van der Waals surface area (Å²) < 4.78 is 5.60. The van der Waals surface area contributed by atoms with Gasteiger partial charge in [0.15, 0.2) is 0 Å². The maximum Gasteiger partial charge on any atom is 0.142 e. The molecule has 0 radical (unpaired) electrons. The van der Waals surface area contributed by atoms with E-state index in [1.165, 1.54) is 18.5 Å². The molecule has 3 rings (SSSR count). The molecular formula is C14H22ClN3O. The molecule has 0 bridgehead atoms. The second-order valence-electron chi connectivity index (χ2n) is 5.12. The van der Waals surface area contributed by atoms with Crippen LogP contribution in [0.15, 0.2) is 18.2 Å². The molecule has 0 amide bonds. The van der Waals surface area contributed by atoms with Crippen molar-refractivity contribution >= 4 is 23.8 Å². The zero-order valence-electron chi connectivity index (χ0n) is 11.1. The third-order valence-corrected chi connectivity index (χ3v) is 3.95. The Balaban J connectivity index is 0.00000133. The van der Waals surface area contributed by atoms with Crippen molar-refractivity contribution in [3.05, 3.63) is 18.2 Å². The van der Waals surface area contributed by atoms with Gasteiger partial charge >= 0.3 is 0 Å². The number of nitrogens with two attached hydrogens (primary N) is 1. The Labute approximate surface area is 120 Å². The van der Waals surface area contributed by atoms with Gasteiger partial charge in [-0.1, -0.05) is 0 Å². The van der Waals surface area contributed by atoms with Crippen LogP contribution in [0.25, 0.3) is 0 Å². The van der Waals surface area contributed by atoms with Gasteiger partial charge in [0.1, 0.15) is 12.4 Å². The largest absolute Gasteiger partial charge is 0.490 e. The monoisotopic (exact) mass is 283 g/mol. The van der Waals surface area contributed by atoms with E-state index in [0.717, 1.165) is 44.2 Å². The van der Waals surface area contributed by atoms with E-state index in [4.69, 9.17) is 10.5 Å². The Hall–Kier alpha value is -1.13. The van der Waals surface area contributed by atoms with E-state index in [1.807, 2.05) is 0 Å². The average molecular weight is 284 g/mol. The van der Waals surface area contributed by atoms with E-state index in [0.29, 0.717) is 5.92 Å². The quantitative estimate of drug-likeness (QED) is 0.873. The van der Waals surface area contributed by atoms with Crippen molar-refractivity contribution in [2.75, 3.05) is 43.0 Å². The van der Waals surface area contributed by atoms with E-state index in [2.05, 4.69) is 28.4 Å². The molecule has 106 valence electrons. The van der Waals surface area contributed by atoms with Crippen LogP contribution in [0.2, 0.25) is 0 Å². The standard InChI is InChI=1S/C14H21N3O.ClH/c15-10-11-3-6-17(7-4-11)12-1-2-14-13(9-12)16-5-8-18-14;/h1-2,9,11,16H,3-8,10,15H2;1H. The van der Waals surface area contributed by atoms with E-state index < -0.39 is 0 Å². The predicted octanol–water partition coefficient (Wildman–Crippen LogP) is 2.09. The molecule has 2 heterocycles. The first-order chi connectivity index (χ1) is 8.86. The fourth-order valence-electron chi connectivity index (χ4n) is 2.75. The van der Waals surface area contributed by atoms with Crippen molar-refractivity contribution in [1.29, 1.82) is 0 Å². The van der Waals surface area contributed by atoms with Gasteiger partial charge in [-0.15, -0.1) is 12.4 Å². The van der Waals surface area contributed by atoms with Gasteiger partial charge in [-0.25, -0.2) is 0 Å². The number of ether oxygens (including phenoxy) is 1. The Bertz CT molecular complexity index is 419. The normalized spacial score (nSPS) is 18.9. The summed E-state index contributed by atoms with van der Waals surface area (Å²) >= 11 is 0. The summed E-state index contributed by atoms with van der Waals surface area (Å²) in [6, 6.07) is 6.44. The van der Waals surface area contributed by atoms with Crippen LogP contribution in [-0.2, 0) is 0 Å². The average Bonchev–Trinajstić information content (AvgIpc) is 2.47. The predicted molar refractivity (Wildman–Crippen MR) is 81.7 cm³/mol. The lowest BCUT2D eigenvalue weighted by Gasteiger charge is -2.33. The highest BCUT2D eigenvalue weighted by molar-refractivity contribution is 5.85. The Morgan fingerprint density at radius 2 is 2.11 bits per heavy atom. The number of rotatable bonds is 2. The van der Waals surface area contributed by atoms with Gasteiger partial charge in [0.2, 0.25) is 0 Å². The molecule has 0 aliphatic carbocycles. The van der Waals surface area contributed by atoms with Crippen molar-refractivity contribution in [2.45, 2.75) is 12.8 Å². The number of hydrogen-bond acceptors (Lipinski definition) is 4. The highest BCUT2D eigenvalue weighted by Crippen LogP contribution is 2.33. The van der Waals surface area contributed by atoms with Crippen LogP contribution in [0.5, 0.6) is 5.75 Å². The van der Waals surface area contributed by atoms with Crippen molar-refractivity contribution in [2.24, 2.45) is 11.7 Å². The molecule has 0 saturated carbocycles. The summed E-state index contributed by atoms with van der Waals surface area (Å²) in [6.07, 6.45) is 2.41. The minimum absolute atomic E-state index is 0. The first-order valence-electron chi connectivity index (χ1n) is 6.82. The van der Waals surface area contributed by atoms with Crippen LogP contribution in [0.3, 0.4) is 0 Å². The number of piperidine rings is 1. The maximum atomic E-state index is 5.73. The van der Waals surface area contributed by atoms with Gasteiger partial charge in [0, 0.05) is 25.3 Å². The molecule has 0 aromatic heterocycles. The molecule has 2 aliphatic rings. The van der Waals surface area contributed by atoms with E-state index in [1.54, 1.807) is 0 Å². The number of nitrogens with one attached hydrogen (secondary N) is 1. The van der Waals surface area contributed by atoms with Crippen molar-refractivity contribution < 1.29 is 4.74 Å². The number of anilines is 2. The van der Waals surface area contributed by atoms with Crippen molar-refractivity contribution in [3.63, 3.8) is 0 Å². The van der Waals surface area contributed by atoms with Crippen LogP contribution in [-0.4, -0.2) is 32.8 Å². The van der Waals surface area contributed by atoms with Crippen molar-refractivity contribution in [3.8, 4) is 5.75 Å². The third kappa shape index (κ3) is 3.07. The molecule has 1 aromatic rings. The molecule has 19 heavy (non-hydrogen) atoms. The second kappa shape index (κ2) is 6.35. The minimum atomic E-state index is 0. The molecular weight excluding hydrogens is 262 g/mol. The molecule has 1 saturated heterocycles. The number of hydrogen-bond donors (Lipinski definition) is 2. The Morgan fingerprint density at radius 3 is 2.84 bits per heavy atom. The van der Waals surface area contributed by atoms with Crippen molar-refractivity contribution in [1.82, 2.24) is 0 Å². The first kappa shape index (κ1) is 14.3. The number of nitrogens with zero attached hydrogens (tertiary/aromatic N) is 1. The molecule has 4 nitrogen and oxygen atoms in total. The summed E-state index contributed by atoms with van der Waals surface area (Å²) in [5, 5.41) is 3.39. The van der Waals surface area contributed by atoms with Crippen LogP contribution in [0.4, 0.5) is 11.4 Å². The molecule has 0 spiro atoms. The van der Waals surface area contributed by atoms with Gasteiger partial charge in [0.05, 0.1) is 5.69 Å². The Kier molecular flexibility index (Phi) is 4.77. The second-order valence-corrected chi connectivity index (χ2v) is 5.12. The first-order valence-corrected chi connectivity index (χ1v) is 6.82. The van der Waals surface area contributed by atoms with E-state index in [-0.39, 0.29) is 12.4 Å². The van der Waals surface area contributed by atoms with Gasteiger partial charge in [-0.05, 0) is 43.5 Å². The van der Waals surface area contributed by atoms with Crippen LogP contribution < -0.4 is 20.7 Å². The molecule has 0 atom stereocenters. The van der Waals surface area contributed by atoms with Gasteiger partial charge < -0.3 is 20.7 Å². The maximum absolute atomic E-state index is 5.73. The molecule has 0 unspecified atom stereocenters. The fraction of sp³-hybridized carbons (Fsp3) is 0.571. The minimum Gasteiger partial charge on any atom is -0.490 e. The number of benzene rings is 1. The topological polar surface area (TPSA) is 50.5 Å². The number of halogens is 1. The van der Waals surface area contributed by atoms with E-state index in [9.17, 15) is 0 Å². The third-order valence-electron chi connectivity index (χ3n) is 3.95. The fourth-order valence-corrected chi connectivity index (χ4v) is 2.75. The highest BCUT2D eigenvalue weighted by atomic mass is 35.5. The smallest absolute Gasteiger partial charge is 0.142 e. The summed E-state index contributed by atoms with van der Waals surface area (Å²) in [7, 11) is 0. The lowest BCUT2D eigenvalue weighted by molar-refractivity contribution is 0.323. The highest BCUT2D eigenvalue weighted by Gasteiger charge is 2.19. The van der Waals surface area contributed by atoms with Gasteiger partial charge in [0.25, 0.3) is 0 Å². The lowest BCUT2D eigenvalue weighted by Crippen LogP contribution is -2.36. The summed E-state index contributed by atoms with van der Waals surface area (Å²) in [6.45, 7) is 4.70. The van der Waals surface area contributed by atoms with E-state index >= 15 is 0 Å². The summed E-state index contributed by atoms with van der Waals surface area (Å²) in [5.41, 5.74) is 8.15. The Morgan fingerprint density at radius 1 is 1.32 bits per heavy atom. The molecule has 5 heteroatoms. The van der Waals surface area contributed by atoms with Crippen LogP contribution >= 0.6 is 12.4 Å². The van der Waals surface area contributed by atoms with Crippen LogP contribution in [0.1, 0.15) is 12.8 Å². The zero-order valence-corrected chi connectivity index (χ0v) is 11.9. The summed E-state index contributed by atoms with van der Waals surface area (Å²) in [5.74, 6) is 1.68. The van der Waals surface area contributed by atoms with Crippen LogP contribution in [0, 0.1) is 5.92 Å². The lowest BCUT2D eigenvalue weighted by atomic mass is 9.96. The summed E-state index contributed by atoms with van der Waals surface area (Å²) in [4.78, 5) is 2.45. The zero-order chi connectivity index (χ0) is 12.4. The molecule has 1 aromatic carbocycles.